The summed E-state index contributed by atoms with van der Waals surface area (Å²) in [6, 6.07) is 9.03. The Morgan fingerprint density at radius 3 is 2.71 bits per heavy atom. The lowest BCUT2D eigenvalue weighted by molar-refractivity contribution is 0.145. The lowest BCUT2D eigenvalue weighted by atomic mass is 10.3. The summed E-state index contributed by atoms with van der Waals surface area (Å²) in [5, 5.41) is 2.55. The first-order valence-electron chi connectivity index (χ1n) is 4.21. The van der Waals surface area contributed by atoms with Crippen molar-refractivity contribution in [2.24, 2.45) is 0 Å². The molecule has 0 saturated carbocycles. The topological polar surface area (TPSA) is 38.3 Å². The van der Waals surface area contributed by atoms with Crippen molar-refractivity contribution in [2.75, 3.05) is 5.32 Å². The number of nitrogens with one attached hydrogen (secondary N) is 1. The molecular formula is C11H11NO2. The minimum Gasteiger partial charge on any atom is -0.433 e. The van der Waals surface area contributed by atoms with Crippen LogP contribution in [0.1, 0.15) is 6.92 Å². The minimum absolute atomic E-state index is 0.515. The number of terminal acetylenes is 1. The number of ether oxygens (including phenoxy) is 1. The number of carbonyl (C=O) groups excluding carboxylic acids is 1. The molecular weight excluding hydrogens is 178 g/mol. The molecule has 0 fully saturated rings. The molecule has 0 bridgehead atoms. The van der Waals surface area contributed by atoms with Crippen LogP contribution in [0.4, 0.5) is 10.5 Å². The standard InChI is InChI=1S/C11H11NO2/c1-3-9(2)14-11(13)12-10-7-5-4-6-8-10/h1,4-9H,2H3,(H,12,13). The highest BCUT2D eigenvalue weighted by Crippen LogP contribution is 2.05. The number of benzene rings is 1. The molecule has 0 spiro atoms. The predicted octanol–water partition coefficient (Wildman–Crippen LogP) is 2.26. The maximum atomic E-state index is 11.2. The third-order valence-electron chi connectivity index (χ3n) is 1.54. The lowest BCUT2D eigenvalue weighted by Gasteiger charge is -2.08. The van der Waals surface area contributed by atoms with Gasteiger partial charge in [-0.3, -0.25) is 5.32 Å². The summed E-state index contributed by atoms with van der Waals surface area (Å²) in [5.41, 5.74) is 0.682. The van der Waals surface area contributed by atoms with Gasteiger partial charge in [-0.2, -0.15) is 0 Å². The first kappa shape index (κ1) is 10.1. The molecule has 72 valence electrons. The van der Waals surface area contributed by atoms with Gasteiger partial charge in [0.1, 0.15) is 0 Å². The van der Waals surface area contributed by atoms with Crippen LogP contribution >= 0.6 is 0 Å². The van der Waals surface area contributed by atoms with E-state index < -0.39 is 12.2 Å². The summed E-state index contributed by atoms with van der Waals surface area (Å²) in [4.78, 5) is 11.2. The SMILES string of the molecule is C#CC(C)OC(=O)Nc1ccccc1. The van der Waals surface area contributed by atoms with Crippen LogP contribution in [0.15, 0.2) is 30.3 Å². The van der Waals surface area contributed by atoms with Crippen LogP contribution in [0.3, 0.4) is 0 Å². The average molecular weight is 189 g/mol. The molecule has 1 aromatic carbocycles. The third-order valence-corrected chi connectivity index (χ3v) is 1.54. The van der Waals surface area contributed by atoms with Gasteiger partial charge in [0, 0.05) is 5.69 Å². The average Bonchev–Trinajstić information content (AvgIpc) is 2.19. The van der Waals surface area contributed by atoms with E-state index in [1.165, 1.54) is 0 Å². The molecule has 1 N–H and O–H groups in total. The molecule has 3 nitrogen and oxygen atoms in total. The minimum atomic E-state index is -0.540. The Bertz CT molecular complexity index is 340. The zero-order valence-electron chi connectivity index (χ0n) is 7.86. The van der Waals surface area contributed by atoms with Gasteiger partial charge in [-0.15, -0.1) is 6.42 Å². The Kier molecular flexibility index (Phi) is 3.57. The van der Waals surface area contributed by atoms with Gasteiger partial charge >= 0.3 is 6.09 Å². The van der Waals surface area contributed by atoms with Crippen LogP contribution in [-0.2, 0) is 4.74 Å². The molecule has 1 aromatic rings. The van der Waals surface area contributed by atoms with Crippen LogP contribution in [-0.4, -0.2) is 12.2 Å². The summed E-state index contributed by atoms with van der Waals surface area (Å²) < 4.78 is 4.82. The summed E-state index contributed by atoms with van der Waals surface area (Å²) >= 11 is 0. The molecule has 1 rings (SSSR count). The van der Waals surface area contributed by atoms with Crippen molar-refractivity contribution in [2.45, 2.75) is 13.0 Å². The van der Waals surface area contributed by atoms with Crippen molar-refractivity contribution in [1.29, 1.82) is 0 Å². The van der Waals surface area contributed by atoms with Crippen molar-refractivity contribution >= 4 is 11.8 Å². The molecule has 0 aliphatic rings. The van der Waals surface area contributed by atoms with Gasteiger partial charge < -0.3 is 4.74 Å². The van der Waals surface area contributed by atoms with Crippen molar-refractivity contribution in [3.8, 4) is 12.3 Å². The zero-order valence-corrected chi connectivity index (χ0v) is 7.86. The zero-order chi connectivity index (χ0) is 10.4. The van der Waals surface area contributed by atoms with Crippen molar-refractivity contribution in [3.05, 3.63) is 30.3 Å². The number of carbonyl (C=O) groups is 1. The highest BCUT2D eigenvalue weighted by atomic mass is 16.6. The van der Waals surface area contributed by atoms with Gasteiger partial charge in [0.2, 0.25) is 0 Å². The number of amides is 1. The first-order chi connectivity index (χ1) is 6.72. The summed E-state index contributed by atoms with van der Waals surface area (Å²) in [5.74, 6) is 2.30. The van der Waals surface area contributed by atoms with E-state index in [0.717, 1.165) is 0 Å². The molecule has 1 amide bonds. The van der Waals surface area contributed by atoms with Crippen LogP contribution in [0.25, 0.3) is 0 Å². The molecule has 0 heterocycles. The molecule has 0 saturated heterocycles. The number of anilines is 1. The van der Waals surface area contributed by atoms with Gasteiger partial charge in [-0.05, 0) is 19.1 Å². The normalized spacial score (nSPS) is 11.1. The molecule has 0 aliphatic heterocycles. The predicted molar refractivity (Wildman–Crippen MR) is 54.8 cm³/mol. The van der Waals surface area contributed by atoms with E-state index >= 15 is 0 Å². The molecule has 3 heteroatoms. The molecule has 0 radical (unpaired) electrons. The molecule has 14 heavy (non-hydrogen) atoms. The number of para-hydroxylation sites is 1. The number of rotatable bonds is 2. The first-order valence-corrected chi connectivity index (χ1v) is 4.21. The second kappa shape index (κ2) is 4.93. The van der Waals surface area contributed by atoms with Gasteiger partial charge in [0.15, 0.2) is 6.10 Å². The van der Waals surface area contributed by atoms with Crippen molar-refractivity contribution < 1.29 is 9.53 Å². The van der Waals surface area contributed by atoms with E-state index in [1.807, 2.05) is 18.2 Å². The fourth-order valence-electron chi connectivity index (χ4n) is 0.863. The third kappa shape index (κ3) is 3.20. The van der Waals surface area contributed by atoms with E-state index in [-0.39, 0.29) is 0 Å². The van der Waals surface area contributed by atoms with E-state index in [4.69, 9.17) is 11.2 Å². The van der Waals surface area contributed by atoms with Crippen LogP contribution in [0.2, 0.25) is 0 Å². The highest BCUT2D eigenvalue weighted by Gasteiger charge is 2.05. The molecule has 0 aromatic heterocycles. The highest BCUT2D eigenvalue weighted by molar-refractivity contribution is 5.84. The second-order valence-electron chi connectivity index (χ2n) is 2.71. The van der Waals surface area contributed by atoms with Crippen molar-refractivity contribution in [1.82, 2.24) is 0 Å². The Morgan fingerprint density at radius 1 is 1.50 bits per heavy atom. The quantitative estimate of drug-likeness (QED) is 0.724. The van der Waals surface area contributed by atoms with E-state index in [2.05, 4.69) is 11.2 Å². The van der Waals surface area contributed by atoms with Gasteiger partial charge in [-0.25, -0.2) is 4.79 Å². The lowest BCUT2D eigenvalue weighted by Crippen LogP contribution is -2.18. The monoisotopic (exact) mass is 189 g/mol. The molecule has 1 unspecified atom stereocenters. The summed E-state index contributed by atoms with van der Waals surface area (Å²) in [7, 11) is 0. The van der Waals surface area contributed by atoms with Crippen LogP contribution in [0.5, 0.6) is 0 Å². The van der Waals surface area contributed by atoms with Gasteiger partial charge in [-0.1, -0.05) is 24.1 Å². The van der Waals surface area contributed by atoms with Crippen LogP contribution in [0, 0.1) is 12.3 Å². The fraction of sp³-hybridized carbons (Fsp3) is 0.182. The Morgan fingerprint density at radius 2 is 2.14 bits per heavy atom. The van der Waals surface area contributed by atoms with Gasteiger partial charge in [0.05, 0.1) is 0 Å². The Hall–Kier alpha value is -1.95. The van der Waals surface area contributed by atoms with Crippen LogP contribution < -0.4 is 5.32 Å². The molecule has 0 aliphatic carbocycles. The van der Waals surface area contributed by atoms with Crippen molar-refractivity contribution in [3.63, 3.8) is 0 Å². The fourth-order valence-corrected chi connectivity index (χ4v) is 0.863. The van der Waals surface area contributed by atoms with E-state index in [0.29, 0.717) is 5.69 Å². The summed E-state index contributed by atoms with van der Waals surface area (Å²) in [6.45, 7) is 1.63. The maximum Gasteiger partial charge on any atom is 0.412 e. The number of hydrogen-bond acceptors (Lipinski definition) is 2. The number of hydrogen-bond donors (Lipinski definition) is 1. The van der Waals surface area contributed by atoms with E-state index in [9.17, 15) is 4.79 Å². The second-order valence-corrected chi connectivity index (χ2v) is 2.71. The Labute approximate surface area is 83.1 Å². The smallest absolute Gasteiger partial charge is 0.412 e. The maximum absolute atomic E-state index is 11.2. The molecule has 1 atom stereocenters. The largest absolute Gasteiger partial charge is 0.433 e. The summed E-state index contributed by atoms with van der Waals surface area (Å²) in [6.07, 6.45) is 4.00. The van der Waals surface area contributed by atoms with Gasteiger partial charge in [0.25, 0.3) is 0 Å². The Balaban J connectivity index is 2.47. The van der Waals surface area contributed by atoms with E-state index in [1.54, 1.807) is 19.1 Å².